The fourth-order valence-electron chi connectivity index (χ4n) is 2.81. The molecular formula is C22H19N3O2. The molecule has 0 atom stereocenters. The molecule has 0 spiro atoms. The summed E-state index contributed by atoms with van der Waals surface area (Å²) >= 11 is 0. The van der Waals surface area contributed by atoms with Crippen molar-refractivity contribution in [1.29, 1.82) is 0 Å². The van der Waals surface area contributed by atoms with Crippen molar-refractivity contribution in [2.45, 2.75) is 13.5 Å². The smallest absolute Gasteiger partial charge is 0.251 e. The Kier molecular flexibility index (Phi) is 4.58. The highest BCUT2D eigenvalue weighted by molar-refractivity contribution is 5.94. The lowest BCUT2D eigenvalue weighted by Gasteiger charge is -2.06. The molecule has 5 heteroatoms. The van der Waals surface area contributed by atoms with E-state index in [9.17, 15) is 4.79 Å². The molecule has 5 nitrogen and oxygen atoms in total. The molecule has 1 N–H and O–H groups in total. The van der Waals surface area contributed by atoms with Gasteiger partial charge in [0.05, 0.1) is 6.54 Å². The Hall–Kier alpha value is -3.60. The van der Waals surface area contributed by atoms with Gasteiger partial charge in [0.2, 0.25) is 0 Å². The van der Waals surface area contributed by atoms with Crippen molar-refractivity contribution in [2.75, 3.05) is 0 Å². The number of hydrogen-bond acceptors (Lipinski definition) is 3. The van der Waals surface area contributed by atoms with E-state index in [2.05, 4.69) is 10.5 Å². The first-order valence-electron chi connectivity index (χ1n) is 8.73. The van der Waals surface area contributed by atoms with Gasteiger partial charge in [0.15, 0.2) is 5.76 Å². The Morgan fingerprint density at radius 3 is 2.44 bits per heavy atom. The lowest BCUT2D eigenvalue weighted by atomic mass is 10.1. The Labute approximate surface area is 157 Å². The summed E-state index contributed by atoms with van der Waals surface area (Å²) in [5.74, 6) is 0.546. The molecule has 0 saturated heterocycles. The van der Waals surface area contributed by atoms with E-state index in [4.69, 9.17) is 4.52 Å². The second kappa shape index (κ2) is 7.33. The van der Waals surface area contributed by atoms with Crippen LogP contribution in [0.2, 0.25) is 0 Å². The number of carbonyl (C=O) groups excluding carboxylic acids is 1. The van der Waals surface area contributed by atoms with E-state index in [0.29, 0.717) is 23.6 Å². The second-order valence-electron chi connectivity index (χ2n) is 6.37. The van der Waals surface area contributed by atoms with Crippen molar-refractivity contribution in [3.8, 4) is 17.0 Å². The quantitative estimate of drug-likeness (QED) is 0.577. The molecule has 0 bridgehead atoms. The fourth-order valence-corrected chi connectivity index (χ4v) is 2.81. The lowest BCUT2D eigenvalue weighted by Crippen LogP contribution is -2.22. The highest BCUT2D eigenvalue weighted by atomic mass is 16.5. The van der Waals surface area contributed by atoms with Crippen molar-refractivity contribution >= 4 is 5.91 Å². The number of benzene rings is 2. The van der Waals surface area contributed by atoms with Crippen LogP contribution in [0.25, 0.3) is 17.0 Å². The molecule has 2 heterocycles. The van der Waals surface area contributed by atoms with Crippen LogP contribution in [0.4, 0.5) is 0 Å². The Balaban J connectivity index is 1.38. The van der Waals surface area contributed by atoms with Gasteiger partial charge < -0.3 is 14.4 Å². The van der Waals surface area contributed by atoms with Crippen LogP contribution in [0.1, 0.15) is 21.6 Å². The molecule has 4 aromatic rings. The van der Waals surface area contributed by atoms with Crippen LogP contribution in [0.15, 0.2) is 83.6 Å². The highest BCUT2D eigenvalue weighted by Gasteiger charge is 2.10. The third kappa shape index (κ3) is 3.82. The number of hydrogen-bond donors (Lipinski definition) is 1. The first-order valence-corrected chi connectivity index (χ1v) is 8.73. The second-order valence-corrected chi connectivity index (χ2v) is 6.37. The summed E-state index contributed by atoms with van der Waals surface area (Å²) in [5, 5.41) is 6.91. The van der Waals surface area contributed by atoms with Gasteiger partial charge in [-0.3, -0.25) is 4.79 Å². The Morgan fingerprint density at radius 1 is 1.04 bits per heavy atom. The average Bonchev–Trinajstić information content (AvgIpc) is 3.39. The predicted octanol–water partition coefficient (Wildman–Crippen LogP) is 4.37. The molecular weight excluding hydrogens is 338 g/mol. The van der Waals surface area contributed by atoms with Crippen LogP contribution < -0.4 is 5.32 Å². The van der Waals surface area contributed by atoms with E-state index in [1.807, 2.05) is 90.6 Å². The molecule has 0 saturated carbocycles. The van der Waals surface area contributed by atoms with Gasteiger partial charge in [-0.2, -0.15) is 0 Å². The summed E-state index contributed by atoms with van der Waals surface area (Å²) in [6.45, 7) is 2.35. The van der Waals surface area contributed by atoms with Crippen LogP contribution in [0.5, 0.6) is 0 Å². The van der Waals surface area contributed by atoms with Crippen molar-refractivity contribution in [3.05, 3.63) is 95.9 Å². The van der Waals surface area contributed by atoms with Crippen molar-refractivity contribution in [3.63, 3.8) is 0 Å². The summed E-state index contributed by atoms with van der Waals surface area (Å²) in [4.78, 5) is 12.4. The van der Waals surface area contributed by atoms with Gasteiger partial charge in [0, 0.05) is 35.3 Å². The van der Waals surface area contributed by atoms with E-state index in [1.54, 1.807) is 0 Å². The highest BCUT2D eigenvalue weighted by Crippen LogP contribution is 2.20. The molecule has 0 aliphatic heterocycles. The van der Waals surface area contributed by atoms with E-state index in [0.717, 1.165) is 11.3 Å². The first-order chi connectivity index (χ1) is 13.2. The molecule has 0 aliphatic carbocycles. The average molecular weight is 357 g/mol. The monoisotopic (exact) mass is 357 g/mol. The summed E-state index contributed by atoms with van der Waals surface area (Å²) in [5.41, 5.74) is 4.45. The third-order valence-corrected chi connectivity index (χ3v) is 4.36. The fraction of sp³-hybridized carbons (Fsp3) is 0.0909. The summed E-state index contributed by atoms with van der Waals surface area (Å²) in [7, 11) is 0. The maximum atomic E-state index is 12.4. The van der Waals surface area contributed by atoms with Gasteiger partial charge in [-0.25, -0.2) is 0 Å². The molecule has 0 radical (unpaired) electrons. The Morgan fingerprint density at radius 2 is 1.74 bits per heavy atom. The van der Waals surface area contributed by atoms with E-state index in [-0.39, 0.29) is 5.91 Å². The van der Waals surface area contributed by atoms with Gasteiger partial charge >= 0.3 is 0 Å². The van der Waals surface area contributed by atoms with Crippen LogP contribution in [0, 0.1) is 6.92 Å². The van der Waals surface area contributed by atoms with E-state index in [1.165, 1.54) is 5.56 Å². The molecule has 0 fully saturated rings. The topological polar surface area (TPSA) is 60.1 Å². The maximum absolute atomic E-state index is 12.4. The van der Waals surface area contributed by atoms with E-state index < -0.39 is 0 Å². The van der Waals surface area contributed by atoms with Crippen LogP contribution >= 0.6 is 0 Å². The molecule has 4 rings (SSSR count). The summed E-state index contributed by atoms with van der Waals surface area (Å²) in [6, 6.07) is 21.3. The minimum absolute atomic E-state index is 0.144. The van der Waals surface area contributed by atoms with Gasteiger partial charge in [0.25, 0.3) is 5.91 Å². The number of amides is 1. The molecule has 2 aromatic carbocycles. The maximum Gasteiger partial charge on any atom is 0.251 e. The minimum Gasteiger partial charge on any atom is -0.356 e. The summed E-state index contributed by atoms with van der Waals surface area (Å²) < 4.78 is 7.37. The first kappa shape index (κ1) is 16.8. The normalized spacial score (nSPS) is 10.7. The standard InChI is InChI=1S/C22H19N3O2/c1-16-4-6-17(7-5-16)21-14-19(24-27-21)15-23-22(26)18-8-10-20(11-9-18)25-12-2-3-13-25/h2-14H,15H2,1H3,(H,23,26). The minimum atomic E-state index is -0.144. The third-order valence-electron chi connectivity index (χ3n) is 4.36. The van der Waals surface area contributed by atoms with Crippen molar-refractivity contribution in [1.82, 2.24) is 15.0 Å². The van der Waals surface area contributed by atoms with Gasteiger partial charge in [-0.15, -0.1) is 0 Å². The zero-order valence-electron chi connectivity index (χ0n) is 14.9. The van der Waals surface area contributed by atoms with Crippen LogP contribution in [-0.4, -0.2) is 15.6 Å². The largest absolute Gasteiger partial charge is 0.356 e. The SMILES string of the molecule is Cc1ccc(-c2cc(CNC(=O)c3ccc(-n4cccc4)cc3)no2)cc1. The van der Waals surface area contributed by atoms with E-state index >= 15 is 0 Å². The van der Waals surface area contributed by atoms with Crippen molar-refractivity contribution < 1.29 is 9.32 Å². The zero-order valence-corrected chi connectivity index (χ0v) is 14.9. The number of aromatic nitrogens is 2. The lowest BCUT2D eigenvalue weighted by molar-refractivity contribution is 0.0950. The molecule has 134 valence electrons. The van der Waals surface area contributed by atoms with Crippen molar-refractivity contribution in [2.24, 2.45) is 0 Å². The molecule has 0 aliphatic rings. The van der Waals surface area contributed by atoms with Gasteiger partial charge in [-0.1, -0.05) is 35.0 Å². The molecule has 2 aromatic heterocycles. The zero-order chi connectivity index (χ0) is 18.6. The number of aryl methyl sites for hydroxylation is 1. The van der Waals surface area contributed by atoms with Crippen LogP contribution in [-0.2, 0) is 6.54 Å². The van der Waals surface area contributed by atoms with Gasteiger partial charge in [0.1, 0.15) is 5.69 Å². The number of nitrogens with zero attached hydrogens (tertiary/aromatic N) is 2. The molecule has 0 unspecified atom stereocenters. The van der Waals surface area contributed by atoms with Crippen LogP contribution in [0.3, 0.4) is 0 Å². The van der Waals surface area contributed by atoms with Gasteiger partial charge in [-0.05, 0) is 43.3 Å². The summed E-state index contributed by atoms with van der Waals surface area (Å²) in [6.07, 6.45) is 3.93. The predicted molar refractivity (Wildman–Crippen MR) is 104 cm³/mol. The number of carbonyl (C=O) groups is 1. The number of nitrogens with one attached hydrogen (secondary N) is 1. The molecule has 1 amide bonds. The Bertz CT molecular complexity index is 1030. The number of rotatable bonds is 5. The molecule has 27 heavy (non-hydrogen) atoms.